The minimum absolute atomic E-state index is 0.0364. The van der Waals surface area contributed by atoms with Crippen molar-refractivity contribution in [1.29, 1.82) is 0 Å². The van der Waals surface area contributed by atoms with Gasteiger partial charge in [0.25, 0.3) is 0 Å². The molecule has 0 radical (unpaired) electrons. The zero-order valence-electron chi connectivity index (χ0n) is 15.0. The average molecular weight is 430 g/mol. The van der Waals surface area contributed by atoms with E-state index in [-0.39, 0.29) is 33.0 Å². The maximum atomic E-state index is 12.8. The summed E-state index contributed by atoms with van der Waals surface area (Å²) in [4.78, 5) is 24.9. The highest BCUT2D eigenvalue weighted by Crippen LogP contribution is 2.46. The van der Waals surface area contributed by atoms with Gasteiger partial charge in [0.2, 0.25) is 15.8 Å². The number of carbonyl (C=O) groups is 1. The number of ketones is 1. The molecular weight excluding hydrogens is 414 g/mol. The molecule has 4 N–H and O–H groups in total. The van der Waals surface area contributed by atoms with E-state index < -0.39 is 15.8 Å². The minimum atomic E-state index is -4.05. The number of pyridine rings is 1. The largest absolute Gasteiger partial charge is 0.382 e. The molecule has 0 spiro atoms. The first-order valence-corrected chi connectivity index (χ1v) is 10.6. The Morgan fingerprint density at radius 2 is 1.97 bits per heavy atom. The molecule has 4 rings (SSSR count). The van der Waals surface area contributed by atoms with Crippen LogP contribution < -0.4 is 10.9 Å². The van der Waals surface area contributed by atoms with Crippen molar-refractivity contribution in [2.45, 2.75) is 23.7 Å². The first-order chi connectivity index (χ1) is 13.8. The van der Waals surface area contributed by atoms with Crippen molar-refractivity contribution in [1.82, 2.24) is 15.0 Å². The highest BCUT2D eigenvalue weighted by atomic mass is 35.5. The molecule has 29 heavy (non-hydrogen) atoms. The van der Waals surface area contributed by atoms with E-state index in [0.717, 1.165) is 12.8 Å². The van der Waals surface area contributed by atoms with Crippen molar-refractivity contribution in [3.05, 3.63) is 64.7 Å². The molecule has 0 amide bonds. The molecule has 1 aliphatic rings. The molecule has 1 saturated carbocycles. The number of nitrogen functional groups attached to an aromatic ring is 1. The van der Waals surface area contributed by atoms with Gasteiger partial charge in [0.1, 0.15) is 4.90 Å². The summed E-state index contributed by atoms with van der Waals surface area (Å²) in [5.74, 6) is -0.306. The van der Waals surface area contributed by atoms with Crippen LogP contribution in [0.2, 0.25) is 5.02 Å². The Balaban J connectivity index is 1.86. The number of hydrogen-bond acceptors (Lipinski definition) is 7. The van der Waals surface area contributed by atoms with E-state index in [1.807, 2.05) is 0 Å². The Kier molecular flexibility index (Phi) is 4.81. The van der Waals surface area contributed by atoms with Crippen LogP contribution in [0.5, 0.6) is 0 Å². The Bertz CT molecular complexity index is 1230. The number of primary sulfonamides is 1. The number of carbonyl (C=O) groups excluding carboxylic acids is 1. The lowest BCUT2D eigenvalue weighted by atomic mass is 10.0. The first kappa shape index (κ1) is 19.4. The maximum absolute atomic E-state index is 12.8. The van der Waals surface area contributed by atoms with E-state index in [1.165, 1.54) is 18.5 Å². The fourth-order valence-corrected chi connectivity index (χ4v) is 4.25. The van der Waals surface area contributed by atoms with E-state index in [0.29, 0.717) is 16.7 Å². The third kappa shape index (κ3) is 3.84. The molecule has 2 heterocycles. The van der Waals surface area contributed by atoms with Crippen molar-refractivity contribution in [2.75, 3.05) is 5.73 Å². The zero-order chi connectivity index (χ0) is 20.8. The second-order valence-corrected chi connectivity index (χ2v) is 8.66. The number of rotatable bonds is 5. The van der Waals surface area contributed by atoms with Crippen molar-refractivity contribution in [2.24, 2.45) is 5.14 Å². The Morgan fingerprint density at radius 1 is 1.21 bits per heavy atom. The van der Waals surface area contributed by atoms with Crippen molar-refractivity contribution in [3.8, 4) is 11.3 Å². The summed E-state index contributed by atoms with van der Waals surface area (Å²) in [6.45, 7) is 0. The minimum Gasteiger partial charge on any atom is -0.382 e. The van der Waals surface area contributed by atoms with Crippen LogP contribution in [0, 0.1) is 0 Å². The van der Waals surface area contributed by atoms with Crippen LogP contribution in [0.25, 0.3) is 11.3 Å². The van der Waals surface area contributed by atoms with Crippen LogP contribution in [0.1, 0.15) is 40.4 Å². The highest BCUT2D eigenvalue weighted by Gasteiger charge is 2.30. The van der Waals surface area contributed by atoms with Gasteiger partial charge in [-0.1, -0.05) is 11.6 Å². The topological polar surface area (TPSA) is 142 Å². The van der Waals surface area contributed by atoms with Crippen LogP contribution >= 0.6 is 11.6 Å². The molecular formula is C19H16ClN5O3S. The third-order valence-corrected chi connectivity index (χ3v) is 6.10. The molecule has 0 bridgehead atoms. The standard InChI is InChI=1S/C19H16ClN5O3S/c20-16-13(10-3-4-10)6-12(7-15(16)29(22,27)28)14-9-24-19(21)17(25-14)18(26)11-2-1-5-23-8-11/h1-2,5-10H,3-4H2,(H2,21,24)(H2,22,27,28). The van der Waals surface area contributed by atoms with Gasteiger partial charge in [-0.25, -0.2) is 23.5 Å². The number of anilines is 1. The predicted molar refractivity (Wildman–Crippen MR) is 108 cm³/mol. The maximum Gasteiger partial charge on any atom is 0.239 e. The fourth-order valence-electron chi connectivity index (χ4n) is 3.00. The van der Waals surface area contributed by atoms with Gasteiger partial charge < -0.3 is 5.73 Å². The van der Waals surface area contributed by atoms with E-state index in [1.54, 1.807) is 24.4 Å². The van der Waals surface area contributed by atoms with Crippen molar-refractivity contribution in [3.63, 3.8) is 0 Å². The van der Waals surface area contributed by atoms with Gasteiger partial charge in [0, 0.05) is 23.5 Å². The lowest BCUT2D eigenvalue weighted by molar-refractivity contribution is 0.103. The van der Waals surface area contributed by atoms with Gasteiger partial charge in [0.05, 0.1) is 16.9 Å². The molecule has 1 aliphatic carbocycles. The summed E-state index contributed by atoms with van der Waals surface area (Å²) >= 11 is 6.30. The SMILES string of the molecule is Nc1ncc(-c2cc(C3CC3)c(Cl)c(S(N)(=O)=O)c2)nc1C(=O)c1cccnc1. The number of nitrogens with two attached hydrogens (primary N) is 2. The van der Waals surface area contributed by atoms with Gasteiger partial charge in [-0.05, 0) is 48.6 Å². The number of aromatic nitrogens is 3. The number of sulfonamides is 1. The summed E-state index contributed by atoms with van der Waals surface area (Å²) in [6, 6.07) is 6.31. The zero-order valence-corrected chi connectivity index (χ0v) is 16.6. The Hall–Kier alpha value is -2.88. The van der Waals surface area contributed by atoms with Gasteiger partial charge in [-0.15, -0.1) is 0 Å². The van der Waals surface area contributed by atoms with Gasteiger partial charge in [0.15, 0.2) is 11.5 Å². The molecule has 0 aliphatic heterocycles. The summed E-state index contributed by atoms with van der Waals surface area (Å²) in [7, 11) is -4.05. The Morgan fingerprint density at radius 3 is 2.59 bits per heavy atom. The molecule has 2 aromatic heterocycles. The second-order valence-electron chi connectivity index (χ2n) is 6.76. The van der Waals surface area contributed by atoms with Crippen LogP contribution in [-0.4, -0.2) is 29.2 Å². The molecule has 0 atom stereocenters. The highest BCUT2D eigenvalue weighted by molar-refractivity contribution is 7.89. The summed E-state index contributed by atoms with van der Waals surface area (Å²) in [5.41, 5.74) is 7.54. The summed E-state index contributed by atoms with van der Waals surface area (Å²) in [5, 5.41) is 5.46. The monoisotopic (exact) mass is 429 g/mol. The fraction of sp³-hybridized carbons (Fsp3) is 0.158. The number of hydrogen-bond donors (Lipinski definition) is 2. The summed E-state index contributed by atoms with van der Waals surface area (Å²) in [6.07, 6.45) is 6.14. The first-order valence-electron chi connectivity index (χ1n) is 8.69. The summed E-state index contributed by atoms with van der Waals surface area (Å²) < 4.78 is 24.0. The van der Waals surface area contributed by atoms with Gasteiger partial charge in [-0.3, -0.25) is 9.78 Å². The van der Waals surface area contributed by atoms with Crippen LogP contribution in [0.15, 0.2) is 47.8 Å². The number of nitrogens with zero attached hydrogens (tertiary/aromatic N) is 3. The molecule has 1 aromatic carbocycles. The van der Waals surface area contributed by atoms with Crippen molar-refractivity contribution >= 4 is 33.2 Å². The molecule has 0 unspecified atom stereocenters. The van der Waals surface area contributed by atoms with E-state index in [4.69, 9.17) is 22.5 Å². The molecule has 0 saturated heterocycles. The smallest absolute Gasteiger partial charge is 0.239 e. The van der Waals surface area contributed by atoms with Gasteiger partial charge in [-0.2, -0.15) is 0 Å². The predicted octanol–water partition coefficient (Wildman–Crippen LogP) is 2.53. The Labute approximate surface area is 172 Å². The lowest BCUT2D eigenvalue weighted by Gasteiger charge is -2.12. The molecule has 148 valence electrons. The number of halogens is 1. The molecule has 3 aromatic rings. The van der Waals surface area contributed by atoms with E-state index in [9.17, 15) is 13.2 Å². The lowest BCUT2D eigenvalue weighted by Crippen LogP contribution is -2.14. The molecule has 8 nitrogen and oxygen atoms in total. The van der Waals surface area contributed by atoms with Gasteiger partial charge >= 0.3 is 0 Å². The van der Waals surface area contributed by atoms with Crippen LogP contribution in [0.3, 0.4) is 0 Å². The van der Waals surface area contributed by atoms with E-state index in [2.05, 4.69) is 15.0 Å². The normalized spacial score (nSPS) is 14.0. The van der Waals surface area contributed by atoms with Crippen LogP contribution in [-0.2, 0) is 10.0 Å². The second kappa shape index (κ2) is 7.18. The van der Waals surface area contributed by atoms with Crippen molar-refractivity contribution < 1.29 is 13.2 Å². The average Bonchev–Trinajstić information content (AvgIpc) is 3.53. The molecule has 1 fully saturated rings. The van der Waals surface area contributed by atoms with E-state index >= 15 is 0 Å². The van der Waals surface area contributed by atoms with Crippen LogP contribution in [0.4, 0.5) is 5.82 Å². The number of benzene rings is 1. The molecule has 10 heteroatoms. The third-order valence-electron chi connectivity index (χ3n) is 4.63. The quantitative estimate of drug-likeness (QED) is 0.593.